The quantitative estimate of drug-likeness (QED) is 0.757. The lowest BCUT2D eigenvalue weighted by Gasteiger charge is -1.97. The van der Waals surface area contributed by atoms with E-state index in [4.69, 9.17) is 5.26 Å². The third-order valence-electron chi connectivity index (χ3n) is 2.58. The second kappa shape index (κ2) is 4.55. The lowest BCUT2D eigenvalue weighted by molar-refractivity contribution is 1.18. The van der Waals surface area contributed by atoms with E-state index in [2.05, 4.69) is 28.2 Å². The number of H-pyrrole nitrogens is 1. The number of hydrogen-bond donors (Lipinski definition) is 1. The average Bonchev–Trinajstić information content (AvgIpc) is 2.82. The van der Waals surface area contributed by atoms with Crippen molar-refractivity contribution in [3.63, 3.8) is 0 Å². The van der Waals surface area contributed by atoms with Gasteiger partial charge in [-0.2, -0.15) is 5.26 Å². The van der Waals surface area contributed by atoms with E-state index in [1.54, 1.807) is 24.0 Å². The highest BCUT2D eigenvalue weighted by molar-refractivity contribution is 7.99. The second-order valence-corrected chi connectivity index (χ2v) is 4.93. The molecule has 1 N–H and O–H groups in total. The molecular weight excluding hydrogens is 242 g/mol. The fourth-order valence-electron chi connectivity index (χ4n) is 1.74. The molecule has 1 aromatic carbocycles. The van der Waals surface area contributed by atoms with Gasteiger partial charge in [-0.1, -0.05) is 30.0 Å². The maximum absolute atomic E-state index is 8.69. The average molecular weight is 251 g/mol. The first-order valence-electron chi connectivity index (χ1n) is 5.47. The number of hydrogen-bond acceptors (Lipinski definition) is 3. The molecule has 0 saturated carbocycles. The fourth-order valence-corrected chi connectivity index (χ4v) is 2.58. The Kier molecular flexibility index (Phi) is 2.75. The number of benzene rings is 1. The van der Waals surface area contributed by atoms with E-state index < -0.39 is 0 Å². The van der Waals surface area contributed by atoms with Crippen LogP contribution in [0, 0.1) is 11.3 Å². The summed E-state index contributed by atoms with van der Waals surface area (Å²) in [5, 5.41) is 11.0. The fraction of sp³-hybridized carbons (Fsp3) is 0. The van der Waals surface area contributed by atoms with Crippen molar-refractivity contribution in [3.05, 3.63) is 54.4 Å². The molecule has 0 spiro atoms. The van der Waals surface area contributed by atoms with Crippen LogP contribution in [0.25, 0.3) is 10.9 Å². The van der Waals surface area contributed by atoms with Gasteiger partial charge in [-0.05, 0) is 24.3 Å². The molecule has 3 nitrogen and oxygen atoms in total. The van der Waals surface area contributed by atoms with Crippen LogP contribution in [0.1, 0.15) is 5.69 Å². The van der Waals surface area contributed by atoms with Crippen LogP contribution >= 0.6 is 11.8 Å². The number of nitrogens with one attached hydrogen (secondary N) is 1. The lowest BCUT2D eigenvalue weighted by atomic mass is 10.3. The van der Waals surface area contributed by atoms with Crippen LogP contribution in [0.2, 0.25) is 0 Å². The van der Waals surface area contributed by atoms with Crippen molar-refractivity contribution < 1.29 is 0 Å². The molecule has 86 valence electrons. The van der Waals surface area contributed by atoms with Crippen LogP contribution in [0.4, 0.5) is 0 Å². The van der Waals surface area contributed by atoms with Gasteiger partial charge in [-0.25, -0.2) is 4.98 Å². The van der Waals surface area contributed by atoms with Crippen LogP contribution in [-0.4, -0.2) is 9.97 Å². The second-order valence-electron chi connectivity index (χ2n) is 3.81. The smallest absolute Gasteiger partial charge is 0.140 e. The minimum Gasteiger partial charge on any atom is -0.349 e. The Labute approximate surface area is 108 Å². The summed E-state index contributed by atoms with van der Waals surface area (Å²) in [6.07, 6.45) is 1.72. The molecule has 0 amide bonds. The molecule has 2 aromatic heterocycles. The van der Waals surface area contributed by atoms with Gasteiger partial charge in [-0.3, -0.25) is 0 Å². The van der Waals surface area contributed by atoms with Crippen molar-refractivity contribution in [1.29, 1.82) is 5.26 Å². The van der Waals surface area contributed by atoms with Crippen molar-refractivity contribution in [2.24, 2.45) is 0 Å². The molecule has 4 heteroatoms. The van der Waals surface area contributed by atoms with Gasteiger partial charge in [0.15, 0.2) is 0 Å². The van der Waals surface area contributed by atoms with Gasteiger partial charge in [0.2, 0.25) is 0 Å². The van der Waals surface area contributed by atoms with Gasteiger partial charge in [0.1, 0.15) is 11.8 Å². The van der Waals surface area contributed by atoms with E-state index >= 15 is 0 Å². The number of pyridine rings is 1. The van der Waals surface area contributed by atoms with Gasteiger partial charge in [0.05, 0.1) is 5.03 Å². The number of rotatable bonds is 2. The summed E-state index contributed by atoms with van der Waals surface area (Å²) in [7, 11) is 0. The monoisotopic (exact) mass is 251 g/mol. The molecule has 3 aromatic rings. The molecule has 0 radical (unpaired) electrons. The van der Waals surface area contributed by atoms with E-state index in [-0.39, 0.29) is 0 Å². The molecule has 3 rings (SSSR count). The zero-order chi connectivity index (χ0) is 12.4. The van der Waals surface area contributed by atoms with Crippen LogP contribution in [0.5, 0.6) is 0 Å². The van der Waals surface area contributed by atoms with Crippen molar-refractivity contribution in [2.75, 3.05) is 0 Å². The normalized spacial score (nSPS) is 10.4. The molecule has 0 aliphatic rings. The third-order valence-corrected chi connectivity index (χ3v) is 3.50. The third kappa shape index (κ3) is 2.08. The molecule has 0 aliphatic heterocycles. The van der Waals surface area contributed by atoms with Crippen LogP contribution in [-0.2, 0) is 0 Å². The molecule has 0 aliphatic carbocycles. The summed E-state index contributed by atoms with van der Waals surface area (Å²) in [6.45, 7) is 0. The minimum absolute atomic E-state index is 0.441. The Balaban J connectivity index is 1.89. The number of fused-ring (bicyclic) bond motifs is 1. The molecule has 0 bridgehead atoms. The molecule has 0 atom stereocenters. The Morgan fingerprint density at radius 3 is 2.78 bits per heavy atom. The van der Waals surface area contributed by atoms with E-state index in [1.807, 2.05) is 24.3 Å². The Hall–Kier alpha value is -2.25. The maximum Gasteiger partial charge on any atom is 0.140 e. The summed E-state index contributed by atoms with van der Waals surface area (Å²) >= 11 is 1.61. The Morgan fingerprint density at radius 1 is 1.17 bits per heavy atom. The van der Waals surface area contributed by atoms with Crippen LogP contribution in [0.3, 0.4) is 0 Å². The zero-order valence-electron chi connectivity index (χ0n) is 9.42. The topological polar surface area (TPSA) is 52.5 Å². The Bertz CT molecular complexity index is 690. The van der Waals surface area contributed by atoms with E-state index in [0.717, 1.165) is 15.4 Å². The zero-order valence-corrected chi connectivity index (χ0v) is 10.2. The van der Waals surface area contributed by atoms with Crippen molar-refractivity contribution >= 4 is 22.7 Å². The highest BCUT2D eigenvalue weighted by Crippen LogP contribution is 2.29. The largest absolute Gasteiger partial charge is 0.349 e. The first-order valence-corrected chi connectivity index (χ1v) is 6.28. The number of para-hydroxylation sites is 1. The van der Waals surface area contributed by atoms with Crippen molar-refractivity contribution in [3.8, 4) is 6.07 Å². The summed E-state index contributed by atoms with van der Waals surface area (Å²) in [5.41, 5.74) is 1.57. The van der Waals surface area contributed by atoms with Crippen LogP contribution in [0.15, 0.2) is 58.6 Å². The van der Waals surface area contributed by atoms with Gasteiger partial charge < -0.3 is 4.98 Å². The first-order chi connectivity index (χ1) is 8.85. The summed E-state index contributed by atoms with van der Waals surface area (Å²) < 4.78 is 0. The highest BCUT2D eigenvalue weighted by atomic mass is 32.2. The predicted octanol–water partition coefficient (Wildman–Crippen LogP) is 3.59. The standard InChI is InChI=1S/C14H9N3S/c15-8-11-5-6-12(9-16-11)18-14-7-10-3-1-2-4-13(10)17-14/h1-7,9,17H. The first kappa shape index (κ1) is 10.9. The number of aromatic nitrogens is 2. The van der Waals surface area contributed by atoms with E-state index in [9.17, 15) is 0 Å². The molecule has 0 fully saturated rings. The van der Waals surface area contributed by atoms with E-state index in [1.165, 1.54) is 5.39 Å². The summed E-state index contributed by atoms with van der Waals surface area (Å²) in [5.74, 6) is 0. The molecule has 0 saturated heterocycles. The van der Waals surface area contributed by atoms with Crippen molar-refractivity contribution in [1.82, 2.24) is 9.97 Å². The molecule has 18 heavy (non-hydrogen) atoms. The molecular formula is C14H9N3S. The predicted molar refractivity (Wildman–Crippen MR) is 71.4 cm³/mol. The minimum atomic E-state index is 0.441. The van der Waals surface area contributed by atoms with Gasteiger partial charge in [0, 0.05) is 22.0 Å². The maximum atomic E-state index is 8.69. The van der Waals surface area contributed by atoms with Gasteiger partial charge in [-0.15, -0.1) is 0 Å². The van der Waals surface area contributed by atoms with Crippen molar-refractivity contribution in [2.45, 2.75) is 9.92 Å². The van der Waals surface area contributed by atoms with Gasteiger partial charge in [0.25, 0.3) is 0 Å². The summed E-state index contributed by atoms with van der Waals surface area (Å²) in [4.78, 5) is 8.41. The molecule has 2 heterocycles. The van der Waals surface area contributed by atoms with Gasteiger partial charge >= 0.3 is 0 Å². The number of aromatic amines is 1. The highest BCUT2D eigenvalue weighted by Gasteiger charge is 2.02. The SMILES string of the molecule is N#Cc1ccc(Sc2cc3ccccc3[nH]2)cn1. The lowest BCUT2D eigenvalue weighted by Crippen LogP contribution is -1.81. The number of nitriles is 1. The Morgan fingerprint density at radius 2 is 2.06 bits per heavy atom. The molecule has 0 unspecified atom stereocenters. The van der Waals surface area contributed by atoms with Crippen LogP contribution < -0.4 is 0 Å². The van der Waals surface area contributed by atoms with E-state index in [0.29, 0.717) is 5.69 Å². The number of nitrogens with zero attached hydrogens (tertiary/aromatic N) is 2. The summed E-state index contributed by atoms with van der Waals surface area (Å²) in [6, 6.07) is 15.9.